The van der Waals surface area contributed by atoms with Crippen LogP contribution in [0.3, 0.4) is 0 Å². The van der Waals surface area contributed by atoms with Crippen LogP contribution in [0, 0.1) is 0 Å². The van der Waals surface area contributed by atoms with Crippen LogP contribution in [0.25, 0.3) is 0 Å². The Morgan fingerprint density at radius 3 is 3.11 bits per heavy atom. The summed E-state index contributed by atoms with van der Waals surface area (Å²) in [6.45, 7) is 2.03. The Morgan fingerprint density at radius 2 is 2.39 bits per heavy atom. The Bertz CT molecular complexity index is 596. The molecular weight excluding hydrogens is 248 g/mol. The molecule has 0 radical (unpaired) electrons. The van der Waals surface area contributed by atoms with Crippen LogP contribution in [0.2, 0.25) is 0 Å². The summed E-state index contributed by atoms with van der Waals surface area (Å²) in [7, 11) is 0. The number of carbonyl (C=O) groups excluding carboxylic acids is 1. The van der Waals surface area contributed by atoms with Gasteiger partial charge in [0, 0.05) is 17.4 Å². The topological polar surface area (TPSA) is 72.1 Å². The first-order valence-electron chi connectivity index (χ1n) is 5.66. The average molecular weight is 260 g/mol. The molecule has 0 saturated carbocycles. The van der Waals surface area contributed by atoms with Gasteiger partial charge in [0.25, 0.3) is 5.91 Å². The zero-order chi connectivity index (χ0) is 12.7. The summed E-state index contributed by atoms with van der Waals surface area (Å²) in [5.41, 5.74) is 8.56. The number of hydrogen-bond acceptors (Lipinski definition) is 5. The van der Waals surface area contributed by atoms with Crippen molar-refractivity contribution in [1.29, 1.82) is 0 Å². The molecule has 92 valence electrons. The van der Waals surface area contributed by atoms with Crippen molar-refractivity contribution in [3.63, 3.8) is 0 Å². The Labute approximate surface area is 108 Å². The first-order chi connectivity index (χ1) is 8.66. The van der Waals surface area contributed by atoms with E-state index in [-0.39, 0.29) is 11.9 Å². The number of rotatable bonds is 1. The quantitative estimate of drug-likeness (QED) is 0.792. The fourth-order valence-electron chi connectivity index (χ4n) is 2.34. The Kier molecular flexibility index (Phi) is 2.52. The van der Waals surface area contributed by atoms with E-state index in [1.165, 1.54) is 6.20 Å². The highest BCUT2D eigenvalue weighted by molar-refractivity contribution is 7.07. The van der Waals surface area contributed by atoms with Crippen LogP contribution in [-0.2, 0) is 6.42 Å². The molecule has 1 aromatic carbocycles. The summed E-state index contributed by atoms with van der Waals surface area (Å²) in [6, 6.07) is 5.79. The molecule has 1 atom stereocenters. The molecule has 0 spiro atoms. The maximum Gasteiger partial charge on any atom is 0.271 e. The maximum absolute atomic E-state index is 12.4. The molecule has 5 nitrogen and oxygen atoms in total. The van der Waals surface area contributed by atoms with E-state index in [1.807, 2.05) is 25.1 Å². The van der Waals surface area contributed by atoms with Gasteiger partial charge in [-0.25, -0.2) is 0 Å². The van der Waals surface area contributed by atoms with Gasteiger partial charge in [0.15, 0.2) is 0 Å². The summed E-state index contributed by atoms with van der Waals surface area (Å²) in [6.07, 6.45) is 2.34. The van der Waals surface area contributed by atoms with Crippen molar-refractivity contribution in [3.8, 4) is 0 Å². The molecule has 0 saturated heterocycles. The van der Waals surface area contributed by atoms with Gasteiger partial charge in [-0.05, 0) is 48.6 Å². The lowest BCUT2D eigenvalue weighted by atomic mass is 10.1. The van der Waals surface area contributed by atoms with Crippen LogP contribution in [0.4, 0.5) is 11.4 Å². The highest BCUT2D eigenvalue weighted by atomic mass is 32.1. The van der Waals surface area contributed by atoms with Gasteiger partial charge in [0.1, 0.15) is 4.88 Å². The summed E-state index contributed by atoms with van der Waals surface area (Å²) in [5.74, 6) is -0.0407. The molecule has 2 aromatic rings. The zero-order valence-electron chi connectivity index (χ0n) is 9.83. The lowest BCUT2D eigenvalue weighted by Crippen LogP contribution is -2.35. The molecule has 0 fully saturated rings. The Balaban J connectivity index is 2.02. The van der Waals surface area contributed by atoms with Gasteiger partial charge in [-0.1, -0.05) is 4.49 Å². The van der Waals surface area contributed by atoms with E-state index in [0.29, 0.717) is 4.88 Å². The molecule has 3 rings (SSSR count). The molecule has 1 amide bonds. The highest BCUT2D eigenvalue weighted by Crippen LogP contribution is 2.34. The van der Waals surface area contributed by atoms with Crippen LogP contribution in [-0.4, -0.2) is 21.5 Å². The van der Waals surface area contributed by atoms with Gasteiger partial charge in [-0.15, -0.1) is 5.10 Å². The van der Waals surface area contributed by atoms with Crippen LogP contribution in [0.15, 0.2) is 24.4 Å². The van der Waals surface area contributed by atoms with Crippen LogP contribution >= 0.6 is 11.5 Å². The largest absolute Gasteiger partial charge is 0.399 e. The van der Waals surface area contributed by atoms with E-state index in [4.69, 9.17) is 5.73 Å². The molecule has 1 unspecified atom stereocenters. The normalized spacial score (nSPS) is 17.8. The highest BCUT2D eigenvalue weighted by Gasteiger charge is 2.32. The standard InChI is InChI=1S/C12H12N4OS/c1-7-4-8-5-9(13)2-3-10(8)16(7)12(17)11-6-14-15-18-11/h2-3,5-7H,4,13H2,1H3. The monoisotopic (exact) mass is 260 g/mol. The summed E-state index contributed by atoms with van der Waals surface area (Å²) < 4.78 is 3.73. The number of fused-ring (bicyclic) bond motifs is 1. The first-order valence-corrected chi connectivity index (χ1v) is 6.43. The van der Waals surface area contributed by atoms with E-state index >= 15 is 0 Å². The summed E-state index contributed by atoms with van der Waals surface area (Å²) in [5, 5.41) is 3.71. The van der Waals surface area contributed by atoms with E-state index in [9.17, 15) is 4.79 Å². The molecular formula is C12H12N4OS. The van der Waals surface area contributed by atoms with Crippen LogP contribution in [0.1, 0.15) is 22.2 Å². The first kappa shape index (κ1) is 11.2. The molecule has 18 heavy (non-hydrogen) atoms. The third kappa shape index (κ3) is 1.65. The lowest BCUT2D eigenvalue weighted by Gasteiger charge is -2.21. The van der Waals surface area contributed by atoms with Crippen LogP contribution in [0.5, 0.6) is 0 Å². The number of amides is 1. The fraction of sp³-hybridized carbons (Fsp3) is 0.250. The second-order valence-electron chi connectivity index (χ2n) is 4.40. The Morgan fingerprint density at radius 1 is 1.56 bits per heavy atom. The van der Waals surface area contributed by atoms with Crippen molar-refractivity contribution in [2.45, 2.75) is 19.4 Å². The smallest absolute Gasteiger partial charge is 0.271 e. The van der Waals surface area contributed by atoms with Crippen molar-refractivity contribution in [2.24, 2.45) is 0 Å². The van der Waals surface area contributed by atoms with Crippen molar-refractivity contribution < 1.29 is 4.79 Å². The third-order valence-corrected chi connectivity index (χ3v) is 3.76. The van der Waals surface area contributed by atoms with Gasteiger partial charge < -0.3 is 10.6 Å². The second-order valence-corrected chi connectivity index (χ2v) is 5.18. The van der Waals surface area contributed by atoms with Gasteiger partial charge in [0.05, 0.1) is 6.20 Å². The van der Waals surface area contributed by atoms with Gasteiger partial charge in [-0.2, -0.15) is 0 Å². The average Bonchev–Trinajstić information content (AvgIpc) is 2.94. The molecule has 1 aromatic heterocycles. The van der Waals surface area contributed by atoms with Crippen molar-refractivity contribution in [1.82, 2.24) is 9.59 Å². The molecule has 6 heteroatoms. The summed E-state index contributed by atoms with van der Waals surface area (Å²) in [4.78, 5) is 14.7. The van der Waals surface area contributed by atoms with E-state index in [1.54, 1.807) is 4.90 Å². The van der Waals surface area contributed by atoms with Crippen molar-refractivity contribution in [3.05, 3.63) is 34.8 Å². The zero-order valence-corrected chi connectivity index (χ0v) is 10.6. The van der Waals surface area contributed by atoms with Crippen molar-refractivity contribution >= 4 is 28.8 Å². The fourth-order valence-corrected chi connectivity index (χ4v) is 2.79. The Hall–Kier alpha value is -1.95. The molecule has 1 aliphatic rings. The molecule has 0 bridgehead atoms. The maximum atomic E-state index is 12.4. The van der Waals surface area contributed by atoms with E-state index in [2.05, 4.69) is 9.59 Å². The lowest BCUT2D eigenvalue weighted by molar-refractivity contribution is 0.0985. The van der Waals surface area contributed by atoms with Crippen LogP contribution < -0.4 is 10.6 Å². The second kappa shape index (κ2) is 4.06. The van der Waals surface area contributed by atoms with E-state index < -0.39 is 0 Å². The molecule has 2 heterocycles. The number of aromatic nitrogens is 2. The van der Waals surface area contributed by atoms with Gasteiger partial charge in [0.2, 0.25) is 0 Å². The number of anilines is 2. The van der Waals surface area contributed by atoms with Gasteiger partial charge >= 0.3 is 0 Å². The SMILES string of the molecule is CC1Cc2cc(N)ccc2N1C(=O)c1cnns1. The molecule has 0 aliphatic carbocycles. The minimum atomic E-state index is -0.0407. The van der Waals surface area contributed by atoms with Gasteiger partial charge in [-0.3, -0.25) is 4.79 Å². The predicted molar refractivity (Wildman–Crippen MR) is 70.7 cm³/mol. The number of hydrogen-bond donors (Lipinski definition) is 1. The molecule has 1 aliphatic heterocycles. The number of benzene rings is 1. The molecule has 2 N–H and O–H groups in total. The number of carbonyl (C=O) groups is 1. The number of nitrogens with two attached hydrogens (primary N) is 1. The van der Waals surface area contributed by atoms with Crippen molar-refractivity contribution in [2.75, 3.05) is 10.6 Å². The minimum Gasteiger partial charge on any atom is -0.399 e. The predicted octanol–water partition coefficient (Wildman–Crippen LogP) is 1.71. The third-order valence-electron chi connectivity index (χ3n) is 3.11. The number of nitrogen functional groups attached to an aromatic ring is 1. The number of nitrogens with zero attached hydrogens (tertiary/aromatic N) is 3. The minimum absolute atomic E-state index is 0.0407. The summed E-state index contributed by atoms with van der Waals surface area (Å²) >= 11 is 1.12. The van der Waals surface area contributed by atoms with E-state index in [0.717, 1.165) is 34.9 Å².